The first kappa shape index (κ1) is 19.7. The average molecular weight is 383 g/mol. The van der Waals surface area contributed by atoms with Gasteiger partial charge in [0.15, 0.2) is 0 Å². The molecule has 1 aromatic carbocycles. The van der Waals surface area contributed by atoms with Crippen molar-refractivity contribution in [3.05, 3.63) is 28.2 Å². The number of nitrogens with one attached hydrogen (secondary N) is 1. The molecule has 0 spiro atoms. The molecule has 0 aliphatic rings. The summed E-state index contributed by atoms with van der Waals surface area (Å²) in [4.78, 5) is 22.7. The maximum atomic E-state index is 12.6. The monoisotopic (exact) mass is 382 g/mol. The fraction of sp³-hybridized carbons (Fsp3) is 0.385. The molecule has 23 heavy (non-hydrogen) atoms. The molecular weight excluding hydrogens is 367 g/mol. The number of carbonyl (C=O) groups is 2. The molecule has 0 saturated carbocycles. The van der Waals surface area contributed by atoms with Gasteiger partial charge in [0.2, 0.25) is 15.9 Å². The molecule has 2 amide bonds. The van der Waals surface area contributed by atoms with E-state index >= 15 is 0 Å². The van der Waals surface area contributed by atoms with Crippen LogP contribution in [0.25, 0.3) is 0 Å². The van der Waals surface area contributed by atoms with Crippen LogP contribution in [0.4, 0.5) is 4.79 Å². The van der Waals surface area contributed by atoms with Gasteiger partial charge in [-0.2, -0.15) is 4.31 Å². The summed E-state index contributed by atoms with van der Waals surface area (Å²) in [6, 6.07) is 4.18. The topological polar surface area (TPSA) is 92.8 Å². The predicted octanol–water partition coefficient (Wildman–Crippen LogP) is 2.28. The van der Waals surface area contributed by atoms with Gasteiger partial charge in [-0.3, -0.25) is 10.1 Å². The number of ether oxygens (including phenoxy) is 1. The Morgan fingerprint density at radius 1 is 1.26 bits per heavy atom. The number of nitrogens with zero attached hydrogens (tertiary/aromatic N) is 1. The number of rotatable bonds is 6. The number of likely N-dealkylation sites (N-methyl/N-ethyl adjacent to an activating group) is 1. The van der Waals surface area contributed by atoms with Gasteiger partial charge >= 0.3 is 6.09 Å². The number of amides is 2. The van der Waals surface area contributed by atoms with E-state index in [1.165, 1.54) is 18.2 Å². The first-order valence-corrected chi connectivity index (χ1v) is 8.84. The van der Waals surface area contributed by atoms with Gasteiger partial charge in [-0.25, -0.2) is 13.2 Å². The number of halogens is 2. The molecule has 1 rings (SSSR count). The van der Waals surface area contributed by atoms with E-state index in [4.69, 9.17) is 23.2 Å². The molecule has 0 unspecified atom stereocenters. The molecule has 0 radical (unpaired) electrons. The second kappa shape index (κ2) is 8.49. The minimum absolute atomic E-state index is 0.00141. The molecule has 1 N–H and O–H groups in total. The van der Waals surface area contributed by atoms with Crippen LogP contribution in [-0.2, 0) is 19.6 Å². The number of carbonyl (C=O) groups excluding carboxylic acids is 2. The Kier molecular flexibility index (Phi) is 7.27. The van der Waals surface area contributed by atoms with Crippen LogP contribution < -0.4 is 5.32 Å². The zero-order chi connectivity index (χ0) is 17.6. The molecule has 1 aromatic rings. The highest BCUT2D eigenvalue weighted by atomic mass is 35.5. The predicted molar refractivity (Wildman–Crippen MR) is 86.1 cm³/mol. The Labute approximate surface area is 144 Å². The van der Waals surface area contributed by atoms with Crippen molar-refractivity contribution in [2.45, 2.75) is 18.7 Å². The van der Waals surface area contributed by atoms with E-state index in [0.717, 1.165) is 4.31 Å². The van der Waals surface area contributed by atoms with Crippen LogP contribution in [0.2, 0.25) is 10.0 Å². The van der Waals surface area contributed by atoms with Crippen molar-refractivity contribution in [2.75, 3.05) is 19.7 Å². The number of benzene rings is 1. The Balaban J connectivity index is 2.98. The number of hydrogen-bond acceptors (Lipinski definition) is 5. The molecule has 0 aromatic heterocycles. The molecule has 128 valence electrons. The number of imide groups is 1. The van der Waals surface area contributed by atoms with Gasteiger partial charge in [-0.05, 0) is 19.1 Å². The summed E-state index contributed by atoms with van der Waals surface area (Å²) >= 11 is 11.8. The quantitative estimate of drug-likeness (QED) is 0.814. The third kappa shape index (κ3) is 5.07. The zero-order valence-electron chi connectivity index (χ0n) is 12.5. The number of sulfonamides is 1. The van der Waals surface area contributed by atoms with Crippen molar-refractivity contribution < 1.29 is 22.7 Å². The summed E-state index contributed by atoms with van der Waals surface area (Å²) in [6.45, 7) is 2.66. The third-order valence-corrected chi connectivity index (χ3v) is 5.62. The number of hydrogen-bond donors (Lipinski definition) is 1. The third-order valence-electron chi connectivity index (χ3n) is 2.72. The highest BCUT2D eigenvalue weighted by Crippen LogP contribution is 2.30. The Hall–Kier alpha value is -1.35. The highest BCUT2D eigenvalue weighted by molar-refractivity contribution is 7.89. The van der Waals surface area contributed by atoms with Crippen molar-refractivity contribution >= 4 is 45.2 Å². The van der Waals surface area contributed by atoms with E-state index in [1.54, 1.807) is 13.8 Å². The standard InChI is InChI=1S/C13H16Cl2N2O5S/c1-3-17(8-11(18)16-13(19)22-4-2)23(20,21)10-7-5-6-9(14)12(10)15/h5-7H,3-4,8H2,1-2H3,(H,16,18,19). The van der Waals surface area contributed by atoms with Crippen LogP contribution >= 0.6 is 23.2 Å². The van der Waals surface area contributed by atoms with Gasteiger partial charge in [-0.15, -0.1) is 0 Å². The Bertz CT molecular complexity index is 694. The van der Waals surface area contributed by atoms with Crippen LogP contribution in [0.15, 0.2) is 23.1 Å². The SMILES string of the molecule is CCOC(=O)NC(=O)CN(CC)S(=O)(=O)c1cccc(Cl)c1Cl. The number of alkyl carbamates (subject to hydrolysis) is 1. The van der Waals surface area contributed by atoms with Crippen molar-refractivity contribution in [2.24, 2.45) is 0 Å². The van der Waals surface area contributed by atoms with Gasteiger partial charge in [0.1, 0.15) is 4.90 Å². The summed E-state index contributed by atoms with van der Waals surface area (Å²) in [5.74, 6) is -0.813. The Morgan fingerprint density at radius 3 is 2.48 bits per heavy atom. The molecule has 0 saturated heterocycles. The molecule has 0 fully saturated rings. The summed E-state index contributed by atoms with van der Waals surface area (Å²) < 4.78 is 30.6. The lowest BCUT2D eigenvalue weighted by Gasteiger charge is -2.20. The molecule has 10 heteroatoms. The summed E-state index contributed by atoms with van der Waals surface area (Å²) in [5.41, 5.74) is 0. The van der Waals surface area contributed by atoms with Crippen LogP contribution in [0.1, 0.15) is 13.8 Å². The summed E-state index contributed by atoms with van der Waals surface area (Å²) in [6.07, 6.45) is -0.938. The Morgan fingerprint density at radius 2 is 1.91 bits per heavy atom. The lowest BCUT2D eigenvalue weighted by molar-refractivity contribution is -0.120. The molecule has 0 atom stereocenters. The average Bonchev–Trinajstić information content (AvgIpc) is 2.47. The van der Waals surface area contributed by atoms with E-state index in [9.17, 15) is 18.0 Å². The van der Waals surface area contributed by atoms with Crippen LogP contribution in [-0.4, -0.2) is 44.4 Å². The van der Waals surface area contributed by atoms with Crippen LogP contribution in [0.3, 0.4) is 0 Å². The fourth-order valence-corrected chi connectivity index (χ4v) is 3.81. The van der Waals surface area contributed by atoms with E-state index in [-0.39, 0.29) is 28.1 Å². The largest absolute Gasteiger partial charge is 0.450 e. The lowest BCUT2D eigenvalue weighted by Crippen LogP contribution is -2.42. The van der Waals surface area contributed by atoms with E-state index in [0.29, 0.717) is 0 Å². The molecule has 0 bridgehead atoms. The molecular formula is C13H16Cl2N2O5S. The maximum absolute atomic E-state index is 12.6. The van der Waals surface area contributed by atoms with Gasteiger partial charge < -0.3 is 4.74 Å². The summed E-state index contributed by atoms with van der Waals surface area (Å²) in [5, 5.41) is 1.89. The molecule has 0 aliphatic heterocycles. The van der Waals surface area contributed by atoms with E-state index in [2.05, 4.69) is 4.74 Å². The second-order valence-electron chi connectivity index (χ2n) is 4.25. The highest BCUT2D eigenvalue weighted by Gasteiger charge is 2.28. The van der Waals surface area contributed by atoms with E-state index in [1.807, 2.05) is 5.32 Å². The van der Waals surface area contributed by atoms with Crippen molar-refractivity contribution in [3.8, 4) is 0 Å². The van der Waals surface area contributed by atoms with Crippen LogP contribution in [0, 0.1) is 0 Å². The lowest BCUT2D eigenvalue weighted by atomic mass is 10.4. The normalized spacial score (nSPS) is 11.3. The van der Waals surface area contributed by atoms with Gasteiger partial charge in [0, 0.05) is 6.54 Å². The van der Waals surface area contributed by atoms with Crippen molar-refractivity contribution in [3.63, 3.8) is 0 Å². The first-order valence-electron chi connectivity index (χ1n) is 6.64. The van der Waals surface area contributed by atoms with Crippen molar-refractivity contribution in [1.82, 2.24) is 9.62 Å². The zero-order valence-corrected chi connectivity index (χ0v) is 14.8. The smallest absolute Gasteiger partial charge is 0.413 e. The van der Waals surface area contributed by atoms with Gasteiger partial charge in [0.05, 0.1) is 23.2 Å². The second-order valence-corrected chi connectivity index (χ2v) is 6.94. The van der Waals surface area contributed by atoms with E-state index < -0.39 is 28.6 Å². The first-order chi connectivity index (χ1) is 10.7. The molecule has 0 aliphatic carbocycles. The minimum Gasteiger partial charge on any atom is -0.450 e. The minimum atomic E-state index is -4.04. The summed E-state index contributed by atoms with van der Waals surface area (Å²) in [7, 11) is -4.04. The van der Waals surface area contributed by atoms with Crippen molar-refractivity contribution in [1.29, 1.82) is 0 Å². The maximum Gasteiger partial charge on any atom is 0.413 e. The fourth-order valence-electron chi connectivity index (χ4n) is 1.67. The van der Waals surface area contributed by atoms with Gasteiger partial charge in [0.25, 0.3) is 0 Å². The molecule has 0 heterocycles. The van der Waals surface area contributed by atoms with Gasteiger partial charge in [-0.1, -0.05) is 36.2 Å². The van der Waals surface area contributed by atoms with Crippen LogP contribution in [0.5, 0.6) is 0 Å². The molecule has 7 nitrogen and oxygen atoms in total.